The zero-order chi connectivity index (χ0) is 22.4. The van der Waals surface area contributed by atoms with Gasteiger partial charge in [-0.1, -0.05) is 0 Å². The molecule has 1 saturated heterocycles. The third-order valence-electron chi connectivity index (χ3n) is 4.01. The largest absolute Gasteiger partial charge is 0.494 e. The van der Waals surface area contributed by atoms with Gasteiger partial charge in [-0.2, -0.15) is 0 Å². The molecule has 1 heterocycles. The minimum absolute atomic E-state index is 0.0365. The van der Waals surface area contributed by atoms with Crippen molar-refractivity contribution in [1.29, 1.82) is 0 Å². The van der Waals surface area contributed by atoms with Crippen molar-refractivity contribution in [2.24, 2.45) is 4.99 Å². The molecule has 1 fully saturated rings. The summed E-state index contributed by atoms with van der Waals surface area (Å²) in [5.74, 6) is 2.01. The number of benzene rings is 2. The summed E-state index contributed by atoms with van der Waals surface area (Å²) in [4.78, 5) is 17.6. The summed E-state index contributed by atoms with van der Waals surface area (Å²) in [6.07, 6.45) is 1.87. The lowest BCUT2D eigenvalue weighted by molar-refractivity contribution is -0.115. The summed E-state index contributed by atoms with van der Waals surface area (Å²) in [6.45, 7) is 8.97. The second kappa shape index (κ2) is 10.9. The fourth-order valence-electron chi connectivity index (χ4n) is 2.82. The Hall–Kier alpha value is -2.20. The number of carbonyl (C=O) groups is 1. The molecule has 0 aliphatic carbocycles. The average molecular weight is 552 g/mol. The Morgan fingerprint density at radius 2 is 1.84 bits per heavy atom. The van der Waals surface area contributed by atoms with Gasteiger partial charge in [0.15, 0.2) is 16.7 Å². The average Bonchev–Trinajstić information content (AvgIpc) is 3.05. The Bertz CT molecular complexity index is 1000. The number of amides is 1. The van der Waals surface area contributed by atoms with Gasteiger partial charge in [0.05, 0.1) is 33.5 Å². The molecular formula is C23H25IN2O4S. The van der Waals surface area contributed by atoms with Crippen molar-refractivity contribution in [3.63, 3.8) is 0 Å². The number of nitrogens with zero attached hydrogens (tertiary/aromatic N) is 1. The van der Waals surface area contributed by atoms with Crippen LogP contribution in [0.3, 0.4) is 0 Å². The molecule has 2 aromatic carbocycles. The summed E-state index contributed by atoms with van der Waals surface area (Å²) in [6, 6.07) is 11.3. The number of ether oxygens (including phenoxy) is 3. The van der Waals surface area contributed by atoms with E-state index in [1.807, 2.05) is 70.2 Å². The fraction of sp³-hybridized carbons (Fsp3) is 0.304. The second-order valence-electron chi connectivity index (χ2n) is 6.84. The van der Waals surface area contributed by atoms with Crippen LogP contribution in [0.25, 0.3) is 6.08 Å². The van der Waals surface area contributed by atoms with E-state index in [2.05, 4.69) is 32.9 Å². The molecule has 0 bridgehead atoms. The van der Waals surface area contributed by atoms with Gasteiger partial charge in [-0.15, -0.1) is 0 Å². The van der Waals surface area contributed by atoms with Crippen molar-refractivity contribution in [1.82, 2.24) is 5.32 Å². The standard InChI is InChI=1S/C23H25IN2O4S/c1-5-28-17-9-7-16(8-10-17)25-23-26-22(27)20(31-23)13-15-11-18(24)21(30-14(3)4)19(12-15)29-6-2/h7-14H,5-6H2,1-4H3,(H,25,26,27). The number of hydrogen-bond acceptors (Lipinski definition) is 6. The van der Waals surface area contributed by atoms with E-state index in [0.29, 0.717) is 29.0 Å². The van der Waals surface area contributed by atoms with Gasteiger partial charge in [0, 0.05) is 0 Å². The topological polar surface area (TPSA) is 69.2 Å². The third-order valence-corrected chi connectivity index (χ3v) is 5.72. The zero-order valence-electron chi connectivity index (χ0n) is 17.9. The fourth-order valence-corrected chi connectivity index (χ4v) is 4.41. The summed E-state index contributed by atoms with van der Waals surface area (Å²) < 4.78 is 18.1. The molecule has 1 aliphatic heterocycles. The van der Waals surface area contributed by atoms with E-state index in [0.717, 1.165) is 26.3 Å². The number of aliphatic imine (C=N–C) groups is 1. The van der Waals surface area contributed by atoms with Gasteiger partial charge in [-0.25, -0.2) is 4.99 Å². The zero-order valence-corrected chi connectivity index (χ0v) is 20.9. The van der Waals surface area contributed by atoms with E-state index in [4.69, 9.17) is 14.2 Å². The Kier molecular flexibility index (Phi) is 8.25. The van der Waals surface area contributed by atoms with E-state index in [-0.39, 0.29) is 12.0 Å². The van der Waals surface area contributed by atoms with E-state index in [1.54, 1.807) is 0 Å². The van der Waals surface area contributed by atoms with Crippen molar-refractivity contribution < 1.29 is 19.0 Å². The normalized spacial score (nSPS) is 16.1. The van der Waals surface area contributed by atoms with Crippen LogP contribution in [0.4, 0.5) is 5.69 Å². The highest BCUT2D eigenvalue weighted by molar-refractivity contribution is 14.1. The molecule has 0 radical (unpaired) electrons. The molecule has 1 aliphatic rings. The lowest BCUT2D eigenvalue weighted by atomic mass is 10.2. The van der Waals surface area contributed by atoms with Crippen molar-refractivity contribution in [2.45, 2.75) is 33.8 Å². The van der Waals surface area contributed by atoms with Crippen LogP contribution >= 0.6 is 34.4 Å². The van der Waals surface area contributed by atoms with Gasteiger partial charge in [0.25, 0.3) is 5.91 Å². The number of hydrogen-bond donors (Lipinski definition) is 1. The van der Waals surface area contributed by atoms with E-state index in [1.165, 1.54) is 11.8 Å². The summed E-state index contributed by atoms with van der Waals surface area (Å²) in [5, 5.41) is 3.36. The van der Waals surface area contributed by atoms with Crippen LogP contribution in [0.2, 0.25) is 0 Å². The first-order chi connectivity index (χ1) is 14.9. The Morgan fingerprint density at radius 1 is 1.13 bits per heavy atom. The molecule has 8 heteroatoms. The molecule has 0 atom stereocenters. The molecule has 0 aromatic heterocycles. The number of amidine groups is 1. The van der Waals surface area contributed by atoms with Gasteiger partial charge in [-0.05, 0) is 110 Å². The summed E-state index contributed by atoms with van der Waals surface area (Å²) in [7, 11) is 0. The summed E-state index contributed by atoms with van der Waals surface area (Å²) in [5.41, 5.74) is 1.61. The number of thioether (sulfide) groups is 1. The maximum absolute atomic E-state index is 12.5. The van der Waals surface area contributed by atoms with Crippen molar-refractivity contribution in [3.05, 3.63) is 50.4 Å². The van der Waals surface area contributed by atoms with Crippen LogP contribution in [0.15, 0.2) is 46.3 Å². The number of rotatable bonds is 8. The second-order valence-corrected chi connectivity index (χ2v) is 9.03. The van der Waals surface area contributed by atoms with Gasteiger partial charge >= 0.3 is 0 Å². The minimum atomic E-state index is -0.176. The molecule has 164 valence electrons. The minimum Gasteiger partial charge on any atom is -0.494 e. The van der Waals surface area contributed by atoms with Crippen LogP contribution in [0, 0.1) is 3.57 Å². The number of halogens is 1. The molecule has 1 N–H and O–H groups in total. The van der Waals surface area contributed by atoms with Gasteiger partial charge < -0.3 is 19.5 Å². The number of nitrogens with one attached hydrogen (secondary N) is 1. The molecule has 0 unspecified atom stereocenters. The lowest BCUT2D eigenvalue weighted by Gasteiger charge is -2.17. The van der Waals surface area contributed by atoms with E-state index in [9.17, 15) is 4.79 Å². The van der Waals surface area contributed by atoms with Gasteiger partial charge in [-0.3, -0.25) is 4.79 Å². The first-order valence-corrected chi connectivity index (χ1v) is 11.9. The Balaban J connectivity index is 1.82. The van der Waals surface area contributed by atoms with Crippen LogP contribution in [0.1, 0.15) is 33.3 Å². The number of carbonyl (C=O) groups excluding carboxylic acids is 1. The van der Waals surface area contributed by atoms with Crippen molar-refractivity contribution in [2.75, 3.05) is 13.2 Å². The highest BCUT2D eigenvalue weighted by Crippen LogP contribution is 2.37. The SMILES string of the molecule is CCOc1ccc(N=C2NC(=O)C(=Cc3cc(I)c(OC(C)C)c(OCC)c3)S2)cc1. The monoisotopic (exact) mass is 552 g/mol. The highest BCUT2D eigenvalue weighted by Gasteiger charge is 2.24. The Morgan fingerprint density at radius 3 is 2.48 bits per heavy atom. The van der Waals surface area contributed by atoms with Gasteiger partial charge in [0.1, 0.15) is 5.75 Å². The molecular weight excluding hydrogens is 527 g/mol. The van der Waals surface area contributed by atoms with E-state index < -0.39 is 0 Å². The van der Waals surface area contributed by atoms with Crippen LogP contribution in [0.5, 0.6) is 17.2 Å². The quantitative estimate of drug-likeness (QED) is 0.333. The van der Waals surface area contributed by atoms with Crippen molar-refractivity contribution >= 4 is 57.2 Å². The third kappa shape index (κ3) is 6.39. The predicted molar refractivity (Wildman–Crippen MR) is 135 cm³/mol. The van der Waals surface area contributed by atoms with Crippen LogP contribution < -0.4 is 19.5 Å². The molecule has 0 spiro atoms. The van der Waals surface area contributed by atoms with Crippen molar-refractivity contribution in [3.8, 4) is 17.2 Å². The van der Waals surface area contributed by atoms with Crippen LogP contribution in [-0.2, 0) is 4.79 Å². The maximum atomic E-state index is 12.5. The maximum Gasteiger partial charge on any atom is 0.264 e. The molecule has 2 aromatic rings. The predicted octanol–water partition coefficient (Wildman–Crippen LogP) is 5.77. The van der Waals surface area contributed by atoms with Gasteiger partial charge in [0.2, 0.25) is 0 Å². The Labute approximate surface area is 200 Å². The first kappa shape index (κ1) is 23.5. The lowest BCUT2D eigenvalue weighted by Crippen LogP contribution is -2.19. The van der Waals surface area contributed by atoms with Crippen LogP contribution in [-0.4, -0.2) is 30.4 Å². The summed E-state index contributed by atoms with van der Waals surface area (Å²) >= 11 is 3.54. The molecule has 0 saturated carbocycles. The first-order valence-electron chi connectivity index (χ1n) is 10.0. The highest BCUT2D eigenvalue weighted by atomic mass is 127. The molecule has 1 amide bonds. The van der Waals surface area contributed by atoms with E-state index >= 15 is 0 Å². The molecule has 6 nitrogen and oxygen atoms in total. The smallest absolute Gasteiger partial charge is 0.264 e. The molecule has 3 rings (SSSR count). The molecule has 31 heavy (non-hydrogen) atoms.